The van der Waals surface area contributed by atoms with Crippen LogP contribution in [0.15, 0.2) is 47.5 Å². The molecule has 182 valence electrons. The first-order valence-corrected chi connectivity index (χ1v) is 13.3. The zero-order valence-electron chi connectivity index (χ0n) is 19.4. The van der Waals surface area contributed by atoms with Crippen molar-refractivity contribution in [1.29, 1.82) is 0 Å². The first kappa shape index (κ1) is 24.3. The van der Waals surface area contributed by atoms with Crippen LogP contribution in [0.1, 0.15) is 61.4 Å². The fraction of sp³-hybridized carbons (Fsp3) is 0.480. The van der Waals surface area contributed by atoms with Crippen LogP contribution in [-0.4, -0.2) is 48.6 Å². The summed E-state index contributed by atoms with van der Waals surface area (Å²) in [6.07, 6.45) is 7.33. The molecule has 2 aliphatic rings. The van der Waals surface area contributed by atoms with E-state index in [1.807, 2.05) is 12.1 Å². The van der Waals surface area contributed by atoms with Crippen molar-refractivity contribution in [1.82, 2.24) is 14.6 Å². The number of hydrogen-bond donors (Lipinski definition) is 1. The van der Waals surface area contributed by atoms with E-state index in [1.54, 1.807) is 6.20 Å². The topological polar surface area (TPSA) is 106 Å². The van der Waals surface area contributed by atoms with Gasteiger partial charge in [-0.1, -0.05) is 12.1 Å². The summed E-state index contributed by atoms with van der Waals surface area (Å²) < 4.78 is 33.2. The van der Waals surface area contributed by atoms with Crippen molar-refractivity contribution >= 4 is 21.7 Å². The van der Waals surface area contributed by atoms with Crippen molar-refractivity contribution in [3.05, 3.63) is 53.7 Å². The summed E-state index contributed by atoms with van der Waals surface area (Å²) in [5, 5.41) is 2.97. The highest BCUT2D eigenvalue weighted by Gasteiger charge is 2.32. The molecule has 2 heterocycles. The van der Waals surface area contributed by atoms with E-state index in [-0.39, 0.29) is 41.7 Å². The number of ether oxygens (including phenoxy) is 1. The number of benzene rings is 1. The molecule has 2 fully saturated rings. The summed E-state index contributed by atoms with van der Waals surface area (Å²) in [6, 6.07) is 9.70. The van der Waals surface area contributed by atoms with Crippen LogP contribution in [0.5, 0.6) is 5.88 Å². The van der Waals surface area contributed by atoms with E-state index in [4.69, 9.17) is 4.74 Å². The Morgan fingerprint density at radius 2 is 1.74 bits per heavy atom. The Hall–Kier alpha value is -2.78. The predicted octanol–water partition coefficient (Wildman–Crippen LogP) is 3.32. The van der Waals surface area contributed by atoms with Gasteiger partial charge in [0, 0.05) is 43.4 Å². The predicted molar refractivity (Wildman–Crippen MR) is 127 cm³/mol. The van der Waals surface area contributed by atoms with Crippen LogP contribution in [0.25, 0.3) is 0 Å². The van der Waals surface area contributed by atoms with Crippen molar-refractivity contribution in [2.75, 3.05) is 13.1 Å². The van der Waals surface area contributed by atoms with E-state index < -0.39 is 10.0 Å². The molecule has 8 nitrogen and oxygen atoms in total. The van der Waals surface area contributed by atoms with E-state index in [2.05, 4.69) is 10.3 Å². The number of rotatable bonds is 8. The summed E-state index contributed by atoms with van der Waals surface area (Å²) in [6.45, 7) is 2.38. The van der Waals surface area contributed by atoms with Crippen molar-refractivity contribution in [2.24, 2.45) is 5.92 Å². The SMILES string of the molecule is CC(=O)c1ccc(S(=O)(=O)N2CCC(C(=O)NCc3ccnc(OC4CCCC4)c3)CC2)cc1. The zero-order chi connectivity index (χ0) is 24.1. The van der Waals surface area contributed by atoms with Gasteiger partial charge in [-0.15, -0.1) is 0 Å². The molecule has 4 rings (SSSR count). The summed E-state index contributed by atoms with van der Waals surface area (Å²) >= 11 is 0. The largest absolute Gasteiger partial charge is 0.474 e. The lowest BCUT2D eigenvalue weighted by atomic mass is 9.97. The molecule has 0 bridgehead atoms. The van der Waals surface area contributed by atoms with Crippen LogP contribution >= 0.6 is 0 Å². The van der Waals surface area contributed by atoms with Gasteiger partial charge in [-0.3, -0.25) is 9.59 Å². The molecular weight excluding hydrogens is 454 g/mol. The summed E-state index contributed by atoms with van der Waals surface area (Å²) in [5.74, 6) is 0.175. The number of piperidine rings is 1. The van der Waals surface area contributed by atoms with Crippen LogP contribution in [0.3, 0.4) is 0 Å². The van der Waals surface area contributed by atoms with Crippen molar-refractivity contribution in [2.45, 2.75) is 63.0 Å². The minimum absolute atomic E-state index is 0.0714. The zero-order valence-corrected chi connectivity index (χ0v) is 20.2. The van der Waals surface area contributed by atoms with Crippen LogP contribution in [0.2, 0.25) is 0 Å². The Labute approximate surface area is 200 Å². The second-order valence-electron chi connectivity index (χ2n) is 9.00. The van der Waals surface area contributed by atoms with Gasteiger partial charge < -0.3 is 10.1 Å². The molecule has 1 amide bonds. The lowest BCUT2D eigenvalue weighted by Crippen LogP contribution is -2.42. The molecule has 34 heavy (non-hydrogen) atoms. The average Bonchev–Trinajstić information content (AvgIpc) is 3.36. The van der Waals surface area contributed by atoms with Gasteiger partial charge in [0.15, 0.2) is 5.78 Å². The van der Waals surface area contributed by atoms with Crippen molar-refractivity contribution < 1.29 is 22.7 Å². The van der Waals surface area contributed by atoms with E-state index in [0.717, 1.165) is 18.4 Å². The molecule has 1 aromatic heterocycles. The Kier molecular flexibility index (Phi) is 7.63. The third-order valence-electron chi connectivity index (χ3n) is 6.58. The molecular formula is C25H31N3O5S. The molecule has 1 saturated heterocycles. The molecule has 2 aromatic rings. The minimum Gasteiger partial charge on any atom is -0.474 e. The maximum Gasteiger partial charge on any atom is 0.243 e. The number of amides is 1. The first-order valence-electron chi connectivity index (χ1n) is 11.8. The number of carbonyl (C=O) groups is 2. The molecule has 1 saturated carbocycles. The van der Waals surface area contributed by atoms with Crippen LogP contribution in [0.4, 0.5) is 0 Å². The molecule has 9 heteroatoms. The number of carbonyl (C=O) groups excluding carboxylic acids is 2. The summed E-state index contributed by atoms with van der Waals surface area (Å²) in [7, 11) is -3.65. The Bertz CT molecular complexity index is 1120. The lowest BCUT2D eigenvalue weighted by Gasteiger charge is -2.30. The second-order valence-corrected chi connectivity index (χ2v) is 10.9. The second kappa shape index (κ2) is 10.7. The molecule has 1 aromatic carbocycles. The van der Waals surface area contributed by atoms with Crippen LogP contribution < -0.4 is 10.1 Å². The van der Waals surface area contributed by atoms with Gasteiger partial charge in [0.2, 0.25) is 21.8 Å². The lowest BCUT2D eigenvalue weighted by molar-refractivity contribution is -0.126. The first-order chi connectivity index (χ1) is 16.3. The van der Waals surface area contributed by atoms with Crippen molar-refractivity contribution in [3.8, 4) is 5.88 Å². The third-order valence-corrected chi connectivity index (χ3v) is 8.49. The van der Waals surface area contributed by atoms with Gasteiger partial charge in [-0.2, -0.15) is 4.31 Å². The average molecular weight is 486 g/mol. The van der Waals surface area contributed by atoms with E-state index in [9.17, 15) is 18.0 Å². The van der Waals surface area contributed by atoms with E-state index in [0.29, 0.717) is 30.8 Å². The molecule has 1 N–H and O–H groups in total. The molecule has 1 aliphatic carbocycles. The van der Waals surface area contributed by atoms with Gasteiger partial charge in [0.25, 0.3) is 0 Å². The van der Waals surface area contributed by atoms with Gasteiger partial charge in [0.05, 0.1) is 4.90 Å². The highest BCUT2D eigenvalue weighted by atomic mass is 32.2. The van der Waals surface area contributed by atoms with Gasteiger partial charge in [-0.25, -0.2) is 13.4 Å². The number of nitrogens with zero attached hydrogens (tertiary/aromatic N) is 2. The van der Waals surface area contributed by atoms with Crippen molar-refractivity contribution in [3.63, 3.8) is 0 Å². The highest BCUT2D eigenvalue weighted by Crippen LogP contribution is 2.25. The number of sulfonamides is 1. The minimum atomic E-state index is -3.65. The monoisotopic (exact) mass is 485 g/mol. The molecule has 1 aliphatic heterocycles. The molecule has 0 spiro atoms. The maximum absolute atomic E-state index is 12.9. The number of pyridine rings is 1. The highest BCUT2D eigenvalue weighted by molar-refractivity contribution is 7.89. The number of ketones is 1. The fourth-order valence-corrected chi connectivity index (χ4v) is 5.97. The molecule has 0 unspecified atom stereocenters. The van der Waals surface area contributed by atoms with E-state index >= 15 is 0 Å². The smallest absolute Gasteiger partial charge is 0.243 e. The summed E-state index contributed by atoms with van der Waals surface area (Å²) in [4.78, 5) is 28.6. The number of hydrogen-bond acceptors (Lipinski definition) is 6. The summed E-state index contributed by atoms with van der Waals surface area (Å²) in [5.41, 5.74) is 1.39. The van der Waals surface area contributed by atoms with Crippen LogP contribution in [0, 0.1) is 5.92 Å². The quantitative estimate of drug-likeness (QED) is 0.575. The van der Waals surface area contributed by atoms with E-state index in [1.165, 1.54) is 48.3 Å². The van der Waals surface area contributed by atoms with Gasteiger partial charge in [0.1, 0.15) is 6.10 Å². The number of aromatic nitrogens is 1. The van der Waals surface area contributed by atoms with Gasteiger partial charge in [-0.05, 0) is 69.2 Å². The number of nitrogens with one attached hydrogen (secondary N) is 1. The van der Waals surface area contributed by atoms with Crippen LogP contribution in [-0.2, 0) is 21.4 Å². The standard InChI is InChI=1S/C25H31N3O5S/c1-18(29)20-6-8-23(9-7-20)34(31,32)28-14-11-21(12-15-28)25(30)27-17-19-10-13-26-24(16-19)33-22-4-2-3-5-22/h6-10,13,16,21-22H,2-5,11-12,14-15,17H2,1H3,(H,27,30). The van der Waals surface area contributed by atoms with Gasteiger partial charge >= 0.3 is 0 Å². The maximum atomic E-state index is 12.9. The normalized spacial score (nSPS) is 18.0. The molecule has 0 atom stereocenters. The molecule has 0 radical (unpaired) electrons. The Morgan fingerprint density at radius 1 is 1.06 bits per heavy atom. The fourth-order valence-electron chi connectivity index (χ4n) is 4.50. The Balaban J connectivity index is 1.27. The third kappa shape index (κ3) is 5.82. The number of Topliss-reactive ketones (excluding diaryl/α,β-unsaturated/α-hetero) is 1. The Morgan fingerprint density at radius 3 is 2.38 bits per heavy atom.